The lowest BCUT2D eigenvalue weighted by atomic mass is 9.54. The van der Waals surface area contributed by atoms with E-state index in [0.29, 0.717) is 36.7 Å². The van der Waals surface area contributed by atoms with Gasteiger partial charge in [-0.05, 0) is 69.1 Å². The molecule has 180 valence electrons. The van der Waals surface area contributed by atoms with Gasteiger partial charge >= 0.3 is 7.12 Å². The fourth-order valence-electron chi connectivity index (χ4n) is 6.16. The van der Waals surface area contributed by atoms with Crippen LogP contribution in [-0.4, -0.2) is 34.9 Å². The van der Waals surface area contributed by atoms with Gasteiger partial charge in [0, 0.05) is 33.0 Å². The molecule has 0 saturated carbocycles. The van der Waals surface area contributed by atoms with Gasteiger partial charge in [-0.2, -0.15) is 0 Å². The maximum Gasteiger partial charge on any atom is 0.455 e. The SMILES string of the molecule is CC1=C2[C@@H](CC/C(C)=C/c3cc(Br)ccc3O)OB(O)C[C@@H]2[C@@H]2C(=O)c3ccccc3C(=O)[C@@H]2C1. The maximum atomic E-state index is 13.6. The second kappa shape index (κ2) is 9.53. The minimum atomic E-state index is -0.973. The second-order valence-electron chi connectivity index (χ2n) is 10.0. The molecule has 1 fully saturated rings. The average Bonchev–Trinajstić information content (AvgIpc) is 2.83. The zero-order valence-corrected chi connectivity index (χ0v) is 21.4. The fourth-order valence-corrected chi connectivity index (χ4v) is 6.54. The Bertz CT molecular complexity index is 1270. The molecule has 5 rings (SSSR count). The van der Waals surface area contributed by atoms with Crippen molar-refractivity contribution in [3.63, 3.8) is 0 Å². The number of rotatable bonds is 4. The van der Waals surface area contributed by atoms with Crippen LogP contribution in [0.1, 0.15) is 59.4 Å². The summed E-state index contributed by atoms with van der Waals surface area (Å²) in [5.41, 5.74) is 5.01. The van der Waals surface area contributed by atoms with Crippen molar-refractivity contribution < 1.29 is 24.4 Å². The van der Waals surface area contributed by atoms with Gasteiger partial charge in [-0.15, -0.1) is 0 Å². The molecule has 0 aromatic heterocycles. The first-order valence-electron chi connectivity index (χ1n) is 12.1. The summed E-state index contributed by atoms with van der Waals surface area (Å²) in [7, 11) is -0.973. The number of ketones is 2. The van der Waals surface area contributed by atoms with Gasteiger partial charge in [0.1, 0.15) is 5.75 Å². The van der Waals surface area contributed by atoms with Crippen molar-refractivity contribution in [1.82, 2.24) is 0 Å². The zero-order valence-electron chi connectivity index (χ0n) is 19.8. The number of benzene rings is 2. The third-order valence-corrected chi connectivity index (χ3v) is 8.19. The molecule has 2 aliphatic carbocycles. The Morgan fingerprint density at radius 3 is 2.60 bits per heavy atom. The minimum Gasteiger partial charge on any atom is -0.507 e. The highest BCUT2D eigenvalue weighted by Gasteiger charge is 2.52. The number of halogens is 1. The average molecular weight is 535 g/mol. The van der Waals surface area contributed by atoms with Gasteiger partial charge in [-0.1, -0.05) is 57.4 Å². The van der Waals surface area contributed by atoms with E-state index < -0.39 is 13.0 Å². The largest absolute Gasteiger partial charge is 0.507 e. The van der Waals surface area contributed by atoms with Gasteiger partial charge in [0.05, 0.1) is 6.10 Å². The number of carbonyl (C=O) groups excluding carboxylic acids is 2. The Kier molecular flexibility index (Phi) is 6.60. The highest BCUT2D eigenvalue weighted by molar-refractivity contribution is 9.10. The first-order valence-corrected chi connectivity index (χ1v) is 12.9. The number of allylic oxidation sites excluding steroid dienone is 2. The Labute approximate surface area is 214 Å². The summed E-state index contributed by atoms with van der Waals surface area (Å²) in [6.45, 7) is 4.04. The van der Waals surface area contributed by atoms with Crippen molar-refractivity contribution >= 4 is 40.7 Å². The standard InChI is InChI=1S/C28H28BBrO5/c1-15(11-17-13-18(30)8-9-23(17)31)7-10-24-25-16(2)12-21-26(22(25)14-29(34)35-24)28(33)20-6-4-3-5-19(20)27(21)32/h3-6,8-9,11,13,21-22,24,26,31,34H,7,10,12,14H2,1-2H3/b15-11+/t21-,22+,24-,26-/m1/s1. The van der Waals surface area contributed by atoms with Crippen LogP contribution in [-0.2, 0) is 4.65 Å². The van der Waals surface area contributed by atoms with E-state index in [4.69, 9.17) is 4.65 Å². The van der Waals surface area contributed by atoms with Gasteiger partial charge in [-0.25, -0.2) is 0 Å². The molecule has 1 aliphatic heterocycles. The molecule has 2 N–H and O–H groups in total. The number of phenolic OH excluding ortho intramolecular Hbond substituents is 1. The van der Waals surface area contributed by atoms with Crippen LogP contribution >= 0.6 is 15.9 Å². The molecular formula is C28H28BBrO5. The molecule has 0 amide bonds. The van der Waals surface area contributed by atoms with Crippen molar-refractivity contribution in [2.24, 2.45) is 17.8 Å². The van der Waals surface area contributed by atoms with Crippen molar-refractivity contribution in [3.05, 3.63) is 80.3 Å². The maximum absolute atomic E-state index is 13.6. The van der Waals surface area contributed by atoms with Crippen LogP contribution in [0.25, 0.3) is 6.08 Å². The van der Waals surface area contributed by atoms with Crippen molar-refractivity contribution in [1.29, 1.82) is 0 Å². The fraction of sp³-hybridized carbons (Fsp3) is 0.357. The van der Waals surface area contributed by atoms with E-state index in [2.05, 4.69) is 15.9 Å². The van der Waals surface area contributed by atoms with Crippen molar-refractivity contribution in [3.8, 4) is 5.75 Å². The topological polar surface area (TPSA) is 83.8 Å². The molecule has 1 saturated heterocycles. The molecule has 0 radical (unpaired) electrons. The summed E-state index contributed by atoms with van der Waals surface area (Å²) in [6.07, 6.45) is 3.86. The van der Waals surface area contributed by atoms with Crippen molar-refractivity contribution in [2.45, 2.75) is 45.5 Å². The molecule has 5 nitrogen and oxygen atoms in total. The normalized spacial score (nSPS) is 26.4. The lowest BCUT2D eigenvalue weighted by Gasteiger charge is -2.46. The van der Waals surface area contributed by atoms with Gasteiger partial charge in [0.25, 0.3) is 0 Å². The van der Waals surface area contributed by atoms with Crippen LogP contribution < -0.4 is 0 Å². The number of fused-ring (bicyclic) bond motifs is 4. The van der Waals surface area contributed by atoms with Crippen LogP contribution in [0.3, 0.4) is 0 Å². The van der Waals surface area contributed by atoms with E-state index in [0.717, 1.165) is 26.8 Å². The van der Waals surface area contributed by atoms with E-state index in [1.54, 1.807) is 36.4 Å². The molecule has 1 heterocycles. The van der Waals surface area contributed by atoms with E-state index >= 15 is 0 Å². The molecule has 0 spiro atoms. The summed E-state index contributed by atoms with van der Waals surface area (Å²) in [5.74, 6) is -0.770. The molecule has 0 bridgehead atoms. The molecule has 4 atom stereocenters. The molecule has 2 aromatic carbocycles. The summed E-state index contributed by atoms with van der Waals surface area (Å²) < 4.78 is 6.89. The van der Waals surface area contributed by atoms with Gasteiger partial charge < -0.3 is 14.8 Å². The predicted octanol–water partition coefficient (Wildman–Crippen LogP) is 5.87. The third kappa shape index (κ3) is 4.46. The summed E-state index contributed by atoms with van der Waals surface area (Å²) in [5, 5.41) is 20.8. The van der Waals surface area contributed by atoms with Gasteiger partial charge in [0.15, 0.2) is 11.6 Å². The molecule has 7 heteroatoms. The molecule has 35 heavy (non-hydrogen) atoms. The van der Waals surface area contributed by atoms with Crippen LogP contribution in [0, 0.1) is 17.8 Å². The monoisotopic (exact) mass is 534 g/mol. The lowest BCUT2D eigenvalue weighted by Crippen LogP contribution is -2.50. The number of hydrogen-bond donors (Lipinski definition) is 2. The highest BCUT2D eigenvalue weighted by atomic mass is 79.9. The number of carbonyl (C=O) groups is 2. The van der Waals surface area contributed by atoms with Crippen LogP contribution in [0.15, 0.2) is 63.7 Å². The highest BCUT2D eigenvalue weighted by Crippen LogP contribution is 2.50. The second-order valence-corrected chi connectivity index (χ2v) is 10.9. The van der Waals surface area contributed by atoms with Crippen molar-refractivity contribution in [2.75, 3.05) is 0 Å². The van der Waals surface area contributed by atoms with E-state index in [1.165, 1.54) is 0 Å². The van der Waals surface area contributed by atoms with Gasteiger partial charge in [-0.3, -0.25) is 9.59 Å². The Morgan fingerprint density at radius 2 is 1.86 bits per heavy atom. The van der Waals surface area contributed by atoms with Crippen LogP contribution in [0.5, 0.6) is 5.75 Å². The number of phenols is 1. The molecule has 3 aliphatic rings. The summed E-state index contributed by atoms with van der Waals surface area (Å²) in [4.78, 5) is 26.9. The van der Waals surface area contributed by atoms with E-state index in [1.807, 2.05) is 26.0 Å². The first kappa shape index (κ1) is 24.2. The third-order valence-electron chi connectivity index (χ3n) is 7.70. The molecule has 2 aromatic rings. The van der Waals surface area contributed by atoms with Gasteiger partial charge in [0.2, 0.25) is 0 Å². The lowest BCUT2D eigenvalue weighted by molar-refractivity contribution is 0.0601. The number of aromatic hydroxyl groups is 1. The summed E-state index contributed by atoms with van der Waals surface area (Å²) in [6, 6.07) is 12.4. The zero-order chi connectivity index (χ0) is 24.9. The first-order chi connectivity index (χ1) is 16.7. The van der Waals surface area contributed by atoms with Crippen LogP contribution in [0.4, 0.5) is 0 Å². The van der Waals surface area contributed by atoms with E-state index in [-0.39, 0.29) is 35.3 Å². The minimum absolute atomic E-state index is 0.00857. The quantitative estimate of drug-likeness (QED) is 0.379. The van der Waals surface area contributed by atoms with E-state index in [9.17, 15) is 19.7 Å². The predicted molar refractivity (Wildman–Crippen MR) is 139 cm³/mol. The molecule has 0 unspecified atom stereocenters. The number of Topliss-reactive ketones (excluding diaryl/α,β-unsaturated/α-hetero) is 2. The number of hydrogen-bond acceptors (Lipinski definition) is 5. The summed E-state index contributed by atoms with van der Waals surface area (Å²) >= 11 is 3.44. The smallest absolute Gasteiger partial charge is 0.455 e. The Hall–Kier alpha value is -2.48. The van der Waals surface area contributed by atoms with Crippen LogP contribution in [0.2, 0.25) is 6.32 Å². The Morgan fingerprint density at radius 1 is 1.14 bits per heavy atom. The molecular weight excluding hydrogens is 507 g/mol. The Balaban J connectivity index is 1.41.